The molecule has 0 aromatic heterocycles. The third kappa shape index (κ3) is 4.38. The van der Waals surface area contributed by atoms with E-state index >= 15 is 0 Å². The van der Waals surface area contributed by atoms with Gasteiger partial charge in [0.2, 0.25) is 0 Å². The van der Waals surface area contributed by atoms with Gasteiger partial charge in [0.1, 0.15) is 0 Å². The summed E-state index contributed by atoms with van der Waals surface area (Å²) in [4.78, 5) is 0. The average Bonchev–Trinajstić information content (AvgIpc) is 2.26. The van der Waals surface area contributed by atoms with Gasteiger partial charge in [-0.2, -0.15) is 0 Å². The Labute approximate surface area is 102 Å². The largest absolute Gasteiger partial charge is 0.0925 e. The maximum absolute atomic E-state index is 3.63. The summed E-state index contributed by atoms with van der Waals surface area (Å²) in [7, 11) is 0. The van der Waals surface area contributed by atoms with E-state index < -0.39 is 0 Å². The Bertz CT molecular complexity index is 280. The molecule has 0 amide bonds. The van der Waals surface area contributed by atoms with E-state index in [1.807, 2.05) is 0 Å². The fourth-order valence-corrected chi connectivity index (χ4v) is 2.43. The van der Waals surface area contributed by atoms with Crippen LogP contribution in [0.5, 0.6) is 0 Å². The zero-order valence-corrected chi connectivity index (χ0v) is 11.4. The van der Waals surface area contributed by atoms with E-state index in [-0.39, 0.29) is 0 Å². The summed E-state index contributed by atoms with van der Waals surface area (Å²) in [5.74, 6) is 0.797. The molecule has 0 radical (unpaired) electrons. The third-order valence-corrected chi connectivity index (χ3v) is 3.87. The molecule has 0 fully saturated rings. The van der Waals surface area contributed by atoms with Crippen molar-refractivity contribution < 1.29 is 0 Å². The quantitative estimate of drug-likeness (QED) is 0.654. The van der Waals surface area contributed by atoms with Crippen molar-refractivity contribution in [2.45, 2.75) is 39.5 Å². The highest BCUT2D eigenvalue weighted by Gasteiger charge is 2.08. The molecule has 0 spiro atoms. The van der Waals surface area contributed by atoms with E-state index in [4.69, 9.17) is 0 Å². The van der Waals surface area contributed by atoms with Crippen LogP contribution in [0.25, 0.3) is 0 Å². The van der Waals surface area contributed by atoms with Gasteiger partial charge in [0.15, 0.2) is 0 Å². The van der Waals surface area contributed by atoms with Gasteiger partial charge in [-0.05, 0) is 36.8 Å². The Hall–Kier alpha value is -0.300. The maximum Gasteiger partial charge on any atom is 0.00628 e. The van der Waals surface area contributed by atoms with E-state index in [2.05, 4.69) is 54.0 Å². The lowest BCUT2D eigenvalue weighted by atomic mass is 9.94. The molecular formula is C14H21Br. The van der Waals surface area contributed by atoms with Crippen molar-refractivity contribution in [3.05, 3.63) is 35.4 Å². The van der Waals surface area contributed by atoms with Crippen LogP contribution in [0.4, 0.5) is 0 Å². The summed E-state index contributed by atoms with van der Waals surface area (Å²) in [5.41, 5.74) is 2.94. The average molecular weight is 269 g/mol. The molecule has 1 unspecified atom stereocenters. The zero-order chi connectivity index (χ0) is 11.1. The summed E-state index contributed by atoms with van der Waals surface area (Å²) in [5, 5.41) is 1.13. The van der Waals surface area contributed by atoms with Crippen LogP contribution in [-0.4, -0.2) is 5.33 Å². The fraction of sp³-hybridized carbons (Fsp3) is 0.571. The second kappa shape index (κ2) is 7.05. The molecule has 1 heteroatoms. The van der Waals surface area contributed by atoms with Gasteiger partial charge in [-0.3, -0.25) is 0 Å². The number of aryl methyl sites for hydroxylation is 1. The van der Waals surface area contributed by atoms with E-state index in [1.165, 1.54) is 36.8 Å². The van der Waals surface area contributed by atoms with Crippen molar-refractivity contribution in [2.24, 2.45) is 5.92 Å². The molecule has 1 atom stereocenters. The van der Waals surface area contributed by atoms with Gasteiger partial charge in [-0.15, -0.1) is 0 Å². The third-order valence-electron chi connectivity index (χ3n) is 2.95. The van der Waals surface area contributed by atoms with E-state index in [0.717, 1.165) is 11.2 Å². The van der Waals surface area contributed by atoms with Crippen LogP contribution in [0.15, 0.2) is 24.3 Å². The van der Waals surface area contributed by atoms with Crippen molar-refractivity contribution in [1.29, 1.82) is 0 Å². The van der Waals surface area contributed by atoms with E-state index in [9.17, 15) is 0 Å². The van der Waals surface area contributed by atoms with Crippen molar-refractivity contribution in [3.63, 3.8) is 0 Å². The molecule has 1 aromatic rings. The van der Waals surface area contributed by atoms with Gasteiger partial charge in [-0.25, -0.2) is 0 Å². The number of unbranched alkanes of at least 4 members (excludes halogenated alkanes) is 1. The van der Waals surface area contributed by atoms with Crippen LogP contribution in [0.3, 0.4) is 0 Å². The van der Waals surface area contributed by atoms with Gasteiger partial charge in [0.25, 0.3) is 0 Å². The molecule has 0 saturated carbocycles. The molecule has 84 valence electrons. The SMILES string of the molecule is CCCCC(CBr)Cc1ccccc1C. The number of hydrogen-bond acceptors (Lipinski definition) is 0. The van der Waals surface area contributed by atoms with Gasteiger partial charge < -0.3 is 0 Å². The van der Waals surface area contributed by atoms with Gasteiger partial charge >= 0.3 is 0 Å². The molecule has 0 aliphatic heterocycles. The van der Waals surface area contributed by atoms with Crippen LogP contribution >= 0.6 is 15.9 Å². The van der Waals surface area contributed by atoms with Crippen LogP contribution in [-0.2, 0) is 6.42 Å². The minimum absolute atomic E-state index is 0.797. The monoisotopic (exact) mass is 268 g/mol. The number of alkyl halides is 1. The predicted octanol–water partition coefficient (Wildman–Crippen LogP) is 4.74. The maximum atomic E-state index is 3.63. The lowest BCUT2D eigenvalue weighted by molar-refractivity contribution is 0.513. The first-order valence-electron chi connectivity index (χ1n) is 5.88. The summed E-state index contributed by atoms with van der Waals surface area (Å²) in [6.45, 7) is 4.47. The van der Waals surface area contributed by atoms with Crippen LogP contribution in [0.1, 0.15) is 37.3 Å². The number of hydrogen-bond donors (Lipinski definition) is 0. The first kappa shape index (κ1) is 12.8. The molecule has 0 aliphatic carbocycles. The predicted molar refractivity (Wildman–Crippen MR) is 71.7 cm³/mol. The topological polar surface area (TPSA) is 0 Å². The first-order valence-corrected chi connectivity index (χ1v) is 7.00. The molecule has 15 heavy (non-hydrogen) atoms. The molecular weight excluding hydrogens is 248 g/mol. The molecule has 1 rings (SSSR count). The van der Waals surface area contributed by atoms with Crippen molar-refractivity contribution in [1.82, 2.24) is 0 Å². The minimum Gasteiger partial charge on any atom is -0.0925 e. The summed E-state index contributed by atoms with van der Waals surface area (Å²) < 4.78 is 0. The smallest absolute Gasteiger partial charge is 0.00628 e. The van der Waals surface area contributed by atoms with E-state index in [1.54, 1.807) is 0 Å². The zero-order valence-electron chi connectivity index (χ0n) is 9.80. The molecule has 0 nitrogen and oxygen atoms in total. The Morgan fingerprint density at radius 2 is 2.00 bits per heavy atom. The van der Waals surface area contributed by atoms with Crippen LogP contribution in [0, 0.1) is 12.8 Å². The number of rotatable bonds is 6. The molecule has 0 bridgehead atoms. The summed E-state index contributed by atoms with van der Waals surface area (Å²) >= 11 is 3.63. The van der Waals surface area contributed by atoms with Crippen molar-refractivity contribution in [3.8, 4) is 0 Å². The van der Waals surface area contributed by atoms with Crippen molar-refractivity contribution >= 4 is 15.9 Å². The lowest BCUT2D eigenvalue weighted by Gasteiger charge is -2.15. The van der Waals surface area contributed by atoms with Crippen molar-refractivity contribution in [2.75, 3.05) is 5.33 Å². The standard InChI is InChI=1S/C14H21Br/c1-3-4-8-13(11-15)10-14-9-6-5-7-12(14)2/h5-7,9,13H,3-4,8,10-11H2,1-2H3. The fourth-order valence-electron chi connectivity index (χ4n) is 1.88. The van der Waals surface area contributed by atoms with Crippen LogP contribution in [0.2, 0.25) is 0 Å². The summed E-state index contributed by atoms with van der Waals surface area (Å²) in [6, 6.07) is 8.73. The number of benzene rings is 1. The molecule has 0 heterocycles. The van der Waals surface area contributed by atoms with E-state index in [0.29, 0.717) is 0 Å². The summed E-state index contributed by atoms with van der Waals surface area (Å²) in [6.07, 6.45) is 5.22. The van der Waals surface area contributed by atoms with Gasteiger partial charge in [0.05, 0.1) is 0 Å². The normalized spacial score (nSPS) is 12.7. The molecule has 0 saturated heterocycles. The molecule has 1 aromatic carbocycles. The Balaban J connectivity index is 2.54. The lowest BCUT2D eigenvalue weighted by Crippen LogP contribution is -2.07. The number of halogens is 1. The van der Waals surface area contributed by atoms with Gasteiger partial charge in [0, 0.05) is 5.33 Å². The highest BCUT2D eigenvalue weighted by atomic mass is 79.9. The molecule has 0 aliphatic rings. The minimum atomic E-state index is 0.797. The molecule has 0 N–H and O–H groups in total. The Kier molecular flexibility index (Phi) is 6.00. The first-order chi connectivity index (χ1) is 7.27. The Morgan fingerprint density at radius 3 is 2.60 bits per heavy atom. The second-order valence-corrected chi connectivity index (χ2v) is 4.94. The highest BCUT2D eigenvalue weighted by Crippen LogP contribution is 2.19. The highest BCUT2D eigenvalue weighted by molar-refractivity contribution is 9.09. The van der Waals surface area contributed by atoms with Gasteiger partial charge in [-0.1, -0.05) is 60.0 Å². The van der Waals surface area contributed by atoms with Crippen LogP contribution < -0.4 is 0 Å². The second-order valence-electron chi connectivity index (χ2n) is 4.29. The Morgan fingerprint density at radius 1 is 1.27 bits per heavy atom.